The number of carbonyl (C=O) groups excluding carboxylic acids is 1. The quantitative estimate of drug-likeness (QED) is 0.780. The first kappa shape index (κ1) is 13.3. The van der Waals surface area contributed by atoms with Crippen molar-refractivity contribution >= 4 is 28.9 Å². The minimum absolute atomic E-state index is 0.329. The first-order valence-electron chi connectivity index (χ1n) is 6.28. The van der Waals surface area contributed by atoms with Gasteiger partial charge in [0.2, 0.25) is 0 Å². The number of amides is 2. The minimum Gasteiger partial charge on any atom is -0.308 e. The van der Waals surface area contributed by atoms with Crippen LogP contribution in [0.25, 0.3) is 10.6 Å². The molecule has 0 radical (unpaired) electrons. The molecule has 0 atom stereocenters. The number of thiazole rings is 1. The van der Waals surface area contributed by atoms with E-state index in [0.717, 1.165) is 10.6 Å². The number of anilines is 2. The maximum absolute atomic E-state index is 11.9. The van der Waals surface area contributed by atoms with Crippen molar-refractivity contribution in [2.24, 2.45) is 7.05 Å². The van der Waals surface area contributed by atoms with Crippen molar-refractivity contribution < 1.29 is 4.79 Å². The Hall–Kier alpha value is -2.67. The predicted octanol–water partition coefficient (Wildman–Crippen LogP) is 3.19. The number of aryl methyl sites for hydroxylation is 1. The summed E-state index contributed by atoms with van der Waals surface area (Å²) in [7, 11) is 1.79. The van der Waals surface area contributed by atoms with Crippen LogP contribution < -0.4 is 10.6 Å². The van der Waals surface area contributed by atoms with Crippen molar-refractivity contribution in [3.8, 4) is 10.6 Å². The summed E-state index contributed by atoms with van der Waals surface area (Å²) < 4.78 is 1.62. The molecule has 2 N–H and O–H groups in total. The highest BCUT2D eigenvalue weighted by Crippen LogP contribution is 2.24. The Bertz CT molecular complexity index is 750. The van der Waals surface area contributed by atoms with Crippen molar-refractivity contribution in [1.29, 1.82) is 0 Å². The number of nitrogens with zero attached hydrogens (tertiary/aromatic N) is 3. The van der Waals surface area contributed by atoms with E-state index >= 15 is 0 Å². The highest BCUT2D eigenvalue weighted by atomic mass is 32.1. The Morgan fingerprint density at radius 2 is 2.19 bits per heavy atom. The predicted molar refractivity (Wildman–Crippen MR) is 83.4 cm³/mol. The lowest BCUT2D eigenvalue weighted by molar-refractivity contribution is 0.262. The summed E-state index contributed by atoms with van der Waals surface area (Å²) in [5.41, 5.74) is 1.68. The average Bonchev–Trinajstić information content (AvgIpc) is 3.11. The number of nitrogens with one attached hydrogen (secondary N) is 2. The van der Waals surface area contributed by atoms with E-state index in [0.29, 0.717) is 11.5 Å². The van der Waals surface area contributed by atoms with Crippen molar-refractivity contribution in [3.63, 3.8) is 0 Å². The fourth-order valence-electron chi connectivity index (χ4n) is 1.86. The number of hydrogen-bond acceptors (Lipinski definition) is 4. The number of urea groups is 1. The molecule has 3 rings (SSSR count). The zero-order valence-electron chi connectivity index (χ0n) is 11.3. The zero-order valence-corrected chi connectivity index (χ0v) is 12.1. The monoisotopic (exact) mass is 299 g/mol. The SMILES string of the molecule is Cn1ccc(NC(=O)Nc2cccc(-c3nccs3)c2)n1. The van der Waals surface area contributed by atoms with Gasteiger partial charge in [0.15, 0.2) is 5.82 Å². The summed E-state index contributed by atoms with van der Waals surface area (Å²) in [6.07, 6.45) is 3.52. The summed E-state index contributed by atoms with van der Waals surface area (Å²) in [4.78, 5) is 16.2. The lowest BCUT2D eigenvalue weighted by atomic mass is 10.2. The second-order valence-corrected chi connectivity index (χ2v) is 5.27. The summed E-state index contributed by atoms with van der Waals surface area (Å²) in [5.74, 6) is 0.506. The first-order valence-corrected chi connectivity index (χ1v) is 7.16. The molecule has 2 aromatic heterocycles. The topological polar surface area (TPSA) is 71.8 Å². The van der Waals surface area contributed by atoms with E-state index in [9.17, 15) is 4.79 Å². The standard InChI is InChI=1S/C14H13N5OS/c1-19-7-5-12(18-19)17-14(20)16-11-4-2-3-10(9-11)13-15-6-8-21-13/h2-9H,1H3,(H2,16,17,18,20). The van der Waals surface area contributed by atoms with Crippen LogP contribution in [0.4, 0.5) is 16.3 Å². The van der Waals surface area contributed by atoms with Crippen LogP contribution in [0.15, 0.2) is 48.1 Å². The third kappa shape index (κ3) is 3.26. The molecule has 7 heteroatoms. The first-order chi connectivity index (χ1) is 10.2. The molecule has 21 heavy (non-hydrogen) atoms. The normalized spacial score (nSPS) is 10.3. The maximum Gasteiger partial charge on any atom is 0.324 e. The number of rotatable bonds is 3. The van der Waals surface area contributed by atoms with Crippen LogP contribution >= 0.6 is 11.3 Å². The molecular weight excluding hydrogens is 286 g/mol. The zero-order chi connectivity index (χ0) is 14.7. The molecule has 2 amide bonds. The van der Waals surface area contributed by atoms with E-state index in [1.807, 2.05) is 29.6 Å². The second kappa shape index (κ2) is 5.76. The smallest absolute Gasteiger partial charge is 0.308 e. The van der Waals surface area contributed by atoms with Gasteiger partial charge in [-0.25, -0.2) is 9.78 Å². The molecule has 3 aromatic rings. The highest BCUT2D eigenvalue weighted by Gasteiger charge is 2.06. The largest absolute Gasteiger partial charge is 0.324 e. The van der Waals surface area contributed by atoms with Crippen LogP contribution in [0.1, 0.15) is 0 Å². The summed E-state index contributed by atoms with van der Waals surface area (Å²) >= 11 is 1.56. The lowest BCUT2D eigenvalue weighted by Crippen LogP contribution is -2.19. The third-order valence-electron chi connectivity index (χ3n) is 2.75. The number of aromatic nitrogens is 3. The van der Waals surface area contributed by atoms with Gasteiger partial charge in [-0.05, 0) is 12.1 Å². The van der Waals surface area contributed by atoms with Gasteiger partial charge in [-0.3, -0.25) is 10.00 Å². The van der Waals surface area contributed by atoms with E-state index in [1.54, 1.807) is 41.5 Å². The summed E-state index contributed by atoms with van der Waals surface area (Å²) in [6, 6.07) is 8.95. The number of benzene rings is 1. The van der Waals surface area contributed by atoms with Crippen molar-refractivity contribution in [2.75, 3.05) is 10.6 Å². The molecule has 0 unspecified atom stereocenters. The maximum atomic E-state index is 11.9. The number of carbonyl (C=O) groups is 1. The van der Waals surface area contributed by atoms with Crippen LogP contribution in [0.5, 0.6) is 0 Å². The molecule has 6 nitrogen and oxygen atoms in total. The van der Waals surface area contributed by atoms with E-state index in [4.69, 9.17) is 0 Å². The Balaban J connectivity index is 1.70. The van der Waals surface area contributed by atoms with Crippen LogP contribution in [0.3, 0.4) is 0 Å². The van der Waals surface area contributed by atoms with Gasteiger partial charge in [0, 0.05) is 42.1 Å². The van der Waals surface area contributed by atoms with Crippen molar-refractivity contribution in [3.05, 3.63) is 48.1 Å². The molecule has 0 saturated heterocycles. The third-order valence-corrected chi connectivity index (χ3v) is 3.58. The van der Waals surface area contributed by atoms with Gasteiger partial charge in [-0.15, -0.1) is 11.3 Å². The van der Waals surface area contributed by atoms with Gasteiger partial charge in [0.25, 0.3) is 0 Å². The fourth-order valence-corrected chi connectivity index (χ4v) is 2.49. The van der Waals surface area contributed by atoms with Gasteiger partial charge in [-0.1, -0.05) is 12.1 Å². The molecule has 0 aliphatic rings. The van der Waals surface area contributed by atoms with Crippen LogP contribution in [-0.4, -0.2) is 20.8 Å². The Labute approximate surface area is 125 Å². The van der Waals surface area contributed by atoms with Crippen molar-refractivity contribution in [1.82, 2.24) is 14.8 Å². The molecular formula is C14H13N5OS. The van der Waals surface area contributed by atoms with E-state index in [1.165, 1.54) is 0 Å². The molecule has 0 saturated carbocycles. The molecule has 106 valence electrons. The van der Waals surface area contributed by atoms with E-state index in [2.05, 4.69) is 20.7 Å². The fraction of sp³-hybridized carbons (Fsp3) is 0.0714. The minimum atomic E-state index is -0.329. The highest BCUT2D eigenvalue weighted by molar-refractivity contribution is 7.13. The molecule has 0 aliphatic heterocycles. The average molecular weight is 299 g/mol. The van der Waals surface area contributed by atoms with E-state index < -0.39 is 0 Å². The Kier molecular flexibility index (Phi) is 3.65. The molecule has 0 fully saturated rings. The summed E-state index contributed by atoms with van der Waals surface area (Å²) in [5, 5.41) is 12.4. The van der Waals surface area contributed by atoms with Crippen LogP contribution in [0.2, 0.25) is 0 Å². The van der Waals surface area contributed by atoms with Crippen molar-refractivity contribution in [2.45, 2.75) is 0 Å². The van der Waals surface area contributed by atoms with Gasteiger partial charge < -0.3 is 5.32 Å². The number of hydrogen-bond donors (Lipinski definition) is 2. The van der Waals surface area contributed by atoms with Gasteiger partial charge in [0.1, 0.15) is 5.01 Å². The summed E-state index contributed by atoms with van der Waals surface area (Å²) in [6.45, 7) is 0. The van der Waals surface area contributed by atoms with Gasteiger partial charge in [-0.2, -0.15) is 5.10 Å². The molecule has 0 spiro atoms. The Morgan fingerprint density at radius 3 is 2.90 bits per heavy atom. The molecule has 2 heterocycles. The molecule has 0 bridgehead atoms. The van der Waals surface area contributed by atoms with Crippen LogP contribution in [0, 0.1) is 0 Å². The lowest BCUT2D eigenvalue weighted by Gasteiger charge is -2.06. The molecule has 1 aromatic carbocycles. The van der Waals surface area contributed by atoms with E-state index in [-0.39, 0.29) is 6.03 Å². The van der Waals surface area contributed by atoms with Gasteiger partial charge in [0.05, 0.1) is 0 Å². The van der Waals surface area contributed by atoms with Gasteiger partial charge >= 0.3 is 6.03 Å². The Morgan fingerprint density at radius 1 is 1.29 bits per heavy atom. The van der Waals surface area contributed by atoms with Crippen LogP contribution in [-0.2, 0) is 7.05 Å². The second-order valence-electron chi connectivity index (χ2n) is 4.37. The molecule has 0 aliphatic carbocycles.